The fraction of sp³-hybridized carbons (Fsp3) is 0.227. The number of esters is 1. The summed E-state index contributed by atoms with van der Waals surface area (Å²) in [6.45, 7) is 3.85. The summed E-state index contributed by atoms with van der Waals surface area (Å²) in [7, 11) is -3.72. The van der Waals surface area contributed by atoms with Crippen LogP contribution in [0, 0.1) is 19.3 Å². The molecule has 29 heavy (non-hydrogen) atoms. The molecular weight excluding hydrogens is 390 g/mol. The molecule has 0 amide bonds. The molecule has 3 aromatic rings. The highest BCUT2D eigenvalue weighted by atomic mass is 32.2. The molecule has 0 saturated heterocycles. The van der Waals surface area contributed by atoms with Crippen LogP contribution in [0.4, 0.5) is 0 Å². The first-order valence-corrected chi connectivity index (χ1v) is 10.6. The number of sulfonamides is 1. The normalized spacial score (nSPS) is 11.3. The Hall–Kier alpha value is -3.08. The minimum absolute atomic E-state index is 0.0813. The quantitative estimate of drug-likeness (QED) is 0.476. The van der Waals surface area contributed by atoms with Crippen LogP contribution in [0.3, 0.4) is 0 Å². The molecule has 1 N–H and O–H groups in total. The average Bonchev–Trinajstić information content (AvgIpc) is 3.04. The molecule has 1 aromatic heterocycles. The lowest BCUT2D eigenvalue weighted by atomic mass is 10.1. The topological polar surface area (TPSA) is 85.6 Å². The molecule has 1 heterocycles. The van der Waals surface area contributed by atoms with Crippen molar-refractivity contribution in [3.8, 4) is 12.3 Å². The Labute approximate surface area is 169 Å². The van der Waals surface area contributed by atoms with Crippen molar-refractivity contribution in [3.05, 3.63) is 64.9 Å². The zero-order valence-corrected chi connectivity index (χ0v) is 17.0. The van der Waals surface area contributed by atoms with Crippen LogP contribution in [-0.2, 0) is 21.2 Å². The first kappa shape index (κ1) is 20.6. The van der Waals surface area contributed by atoms with Gasteiger partial charge in [0.1, 0.15) is 5.58 Å². The molecule has 0 atom stereocenters. The molecular formula is C22H21NO5S. The predicted octanol–water partition coefficient (Wildman–Crippen LogP) is 3.42. The number of carbonyl (C=O) groups excluding carboxylic acids is 1. The Kier molecular flexibility index (Phi) is 6.06. The Morgan fingerprint density at radius 1 is 1.24 bits per heavy atom. The predicted molar refractivity (Wildman–Crippen MR) is 110 cm³/mol. The van der Waals surface area contributed by atoms with Gasteiger partial charge in [-0.1, -0.05) is 18.1 Å². The average molecular weight is 411 g/mol. The third kappa shape index (κ3) is 4.50. The molecule has 6 nitrogen and oxygen atoms in total. The summed E-state index contributed by atoms with van der Waals surface area (Å²) >= 11 is 0. The van der Waals surface area contributed by atoms with E-state index in [0.29, 0.717) is 23.0 Å². The molecule has 2 aromatic carbocycles. The van der Waals surface area contributed by atoms with Gasteiger partial charge >= 0.3 is 5.97 Å². The van der Waals surface area contributed by atoms with Crippen molar-refractivity contribution >= 4 is 27.0 Å². The fourth-order valence-corrected chi connectivity index (χ4v) is 4.05. The van der Waals surface area contributed by atoms with E-state index in [9.17, 15) is 13.2 Å². The van der Waals surface area contributed by atoms with Crippen molar-refractivity contribution in [2.45, 2.75) is 25.2 Å². The van der Waals surface area contributed by atoms with Crippen LogP contribution in [0.1, 0.15) is 34.2 Å². The summed E-state index contributed by atoms with van der Waals surface area (Å²) in [5.41, 5.74) is 2.67. The highest BCUT2D eigenvalue weighted by Crippen LogP contribution is 2.28. The lowest BCUT2D eigenvalue weighted by Gasteiger charge is -2.07. The zero-order chi connectivity index (χ0) is 21.0. The molecule has 0 aliphatic heterocycles. The monoisotopic (exact) mass is 411 g/mol. The van der Waals surface area contributed by atoms with Crippen molar-refractivity contribution in [2.24, 2.45) is 0 Å². The number of hydrogen-bond acceptors (Lipinski definition) is 5. The SMILES string of the molecule is C#Cc1cccc(CCNS(=O)(=O)c2ccc3oc(C(=O)OCC)c(C)c3c2)c1. The Balaban J connectivity index is 1.78. The number of carbonyl (C=O) groups is 1. The minimum Gasteiger partial charge on any atom is -0.460 e. The summed E-state index contributed by atoms with van der Waals surface area (Å²) in [6, 6.07) is 11.9. The molecule has 3 rings (SSSR count). The van der Waals surface area contributed by atoms with Gasteiger partial charge in [0.2, 0.25) is 15.8 Å². The van der Waals surface area contributed by atoms with E-state index < -0.39 is 16.0 Å². The van der Waals surface area contributed by atoms with Crippen LogP contribution in [0.5, 0.6) is 0 Å². The largest absolute Gasteiger partial charge is 0.460 e. The van der Waals surface area contributed by atoms with Gasteiger partial charge in [0.15, 0.2) is 0 Å². The van der Waals surface area contributed by atoms with Gasteiger partial charge in [0, 0.05) is 23.1 Å². The van der Waals surface area contributed by atoms with Gasteiger partial charge in [-0.3, -0.25) is 0 Å². The Morgan fingerprint density at radius 2 is 2.03 bits per heavy atom. The van der Waals surface area contributed by atoms with E-state index in [4.69, 9.17) is 15.6 Å². The maximum Gasteiger partial charge on any atom is 0.374 e. The fourth-order valence-electron chi connectivity index (χ4n) is 2.99. The van der Waals surface area contributed by atoms with E-state index in [1.165, 1.54) is 18.2 Å². The summed E-state index contributed by atoms with van der Waals surface area (Å²) < 4.78 is 38.5. The lowest BCUT2D eigenvalue weighted by molar-refractivity contribution is 0.0491. The highest BCUT2D eigenvalue weighted by Gasteiger charge is 2.21. The smallest absolute Gasteiger partial charge is 0.374 e. The molecule has 0 fully saturated rings. The first-order chi connectivity index (χ1) is 13.9. The number of rotatable bonds is 7. The number of furan rings is 1. The maximum atomic E-state index is 12.7. The van der Waals surface area contributed by atoms with E-state index in [0.717, 1.165) is 11.1 Å². The minimum atomic E-state index is -3.72. The van der Waals surface area contributed by atoms with Crippen LogP contribution in [0.15, 0.2) is 51.8 Å². The molecule has 0 aliphatic rings. The molecule has 150 valence electrons. The second-order valence-corrected chi connectivity index (χ2v) is 8.19. The van der Waals surface area contributed by atoms with Gasteiger partial charge < -0.3 is 9.15 Å². The number of aryl methyl sites for hydroxylation is 1. The second-order valence-electron chi connectivity index (χ2n) is 6.43. The van der Waals surface area contributed by atoms with Crippen LogP contribution in [-0.4, -0.2) is 27.5 Å². The molecule has 0 bridgehead atoms. The molecule has 0 spiro atoms. The lowest BCUT2D eigenvalue weighted by Crippen LogP contribution is -2.26. The van der Waals surface area contributed by atoms with Gasteiger partial charge in [-0.05, 0) is 56.2 Å². The summed E-state index contributed by atoms with van der Waals surface area (Å²) in [5.74, 6) is 2.07. The number of nitrogens with one attached hydrogen (secondary N) is 1. The van der Waals surface area contributed by atoms with Crippen LogP contribution >= 0.6 is 0 Å². The Bertz CT molecular complexity index is 1200. The van der Waals surface area contributed by atoms with Crippen molar-refractivity contribution < 1.29 is 22.4 Å². The number of fused-ring (bicyclic) bond motifs is 1. The molecule has 0 saturated carbocycles. The molecule has 0 unspecified atom stereocenters. The van der Waals surface area contributed by atoms with Crippen LogP contribution < -0.4 is 4.72 Å². The van der Waals surface area contributed by atoms with Crippen molar-refractivity contribution in [1.29, 1.82) is 0 Å². The number of benzene rings is 2. The third-order valence-corrected chi connectivity index (χ3v) is 5.94. The third-order valence-electron chi connectivity index (χ3n) is 4.48. The second kappa shape index (κ2) is 8.52. The van der Waals surface area contributed by atoms with Gasteiger partial charge in [-0.15, -0.1) is 6.42 Å². The van der Waals surface area contributed by atoms with Crippen LogP contribution in [0.2, 0.25) is 0 Å². The number of terminal acetylenes is 1. The molecule has 0 aliphatic carbocycles. The first-order valence-electron chi connectivity index (χ1n) is 9.11. The van der Waals surface area contributed by atoms with Crippen molar-refractivity contribution in [1.82, 2.24) is 4.72 Å². The summed E-state index contributed by atoms with van der Waals surface area (Å²) in [5, 5.41) is 0.553. The number of hydrogen-bond donors (Lipinski definition) is 1. The van der Waals surface area contributed by atoms with Gasteiger partial charge in [-0.25, -0.2) is 17.9 Å². The van der Waals surface area contributed by atoms with Crippen LogP contribution in [0.25, 0.3) is 11.0 Å². The maximum absolute atomic E-state index is 12.7. The van der Waals surface area contributed by atoms with Crippen molar-refractivity contribution in [3.63, 3.8) is 0 Å². The van der Waals surface area contributed by atoms with E-state index in [1.807, 2.05) is 24.3 Å². The van der Waals surface area contributed by atoms with Gasteiger partial charge in [0.25, 0.3) is 0 Å². The van der Waals surface area contributed by atoms with E-state index in [1.54, 1.807) is 13.8 Å². The van der Waals surface area contributed by atoms with E-state index in [2.05, 4.69) is 10.6 Å². The zero-order valence-electron chi connectivity index (χ0n) is 16.2. The van der Waals surface area contributed by atoms with Crippen molar-refractivity contribution in [2.75, 3.05) is 13.2 Å². The van der Waals surface area contributed by atoms with E-state index >= 15 is 0 Å². The molecule has 0 radical (unpaired) electrons. The standard InChI is InChI=1S/C22H21NO5S/c1-4-16-7-6-8-17(13-16)11-12-23-29(25,26)18-9-10-20-19(14-18)15(3)21(28-20)22(24)27-5-2/h1,6-10,13-14,23H,5,11-12H2,2-3H3. The summed E-state index contributed by atoms with van der Waals surface area (Å²) in [6.07, 6.45) is 5.90. The number of ether oxygens (including phenoxy) is 1. The Morgan fingerprint density at radius 3 is 2.76 bits per heavy atom. The van der Waals surface area contributed by atoms with Gasteiger partial charge in [0.05, 0.1) is 11.5 Å². The van der Waals surface area contributed by atoms with E-state index in [-0.39, 0.29) is 23.8 Å². The molecule has 7 heteroatoms. The highest BCUT2D eigenvalue weighted by molar-refractivity contribution is 7.89. The summed E-state index contributed by atoms with van der Waals surface area (Å²) in [4.78, 5) is 12.1. The van der Waals surface area contributed by atoms with Gasteiger partial charge in [-0.2, -0.15) is 0 Å².